The Hall–Kier alpha value is -4.02. The maximum absolute atomic E-state index is 13.4. The fraction of sp³-hybridized carbons (Fsp3) is 0.227. The molecule has 1 unspecified atom stereocenters. The predicted octanol–water partition coefficient (Wildman–Crippen LogP) is 4.74. The summed E-state index contributed by atoms with van der Waals surface area (Å²) >= 11 is 0. The number of oxazole rings is 1. The normalized spacial score (nSPS) is 16.0. The number of carbonyl (C=O) groups excluding carboxylic acids is 1. The first-order valence-corrected chi connectivity index (χ1v) is 9.90. The Labute approximate surface area is 185 Å². The molecule has 1 atom stereocenters. The number of nitrogens with zero attached hydrogens (tertiary/aromatic N) is 2. The van der Waals surface area contributed by atoms with Crippen molar-refractivity contribution in [1.82, 2.24) is 9.88 Å². The molecule has 33 heavy (non-hydrogen) atoms. The molecule has 0 spiro atoms. The largest absolute Gasteiger partial charge is 0.489 e. The van der Waals surface area contributed by atoms with Crippen LogP contribution in [0, 0.1) is 0 Å². The van der Waals surface area contributed by atoms with Crippen molar-refractivity contribution in [3.63, 3.8) is 0 Å². The summed E-state index contributed by atoms with van der Waals surface area (Å²) in [4.78, 5) is 28.6. The molecule has 1 saturated heterocycles. The Bertz CT molecular complexity index is 1150. The van der Waals surface area contributed by atoms with E-state index in [1.165, 1.54) is 41.3 Å². The van der Waals surface area contributed by atoms with Gasteiger partial charge in [-0.05, 0) is 36.4 Å². The van der Waals surface area contributed by atoms with Crippen molar-refractivity contribution in [3.8, 4) is 17.2 Å². The third-order valence-electron chi connectivity index (χ3n) is 4.95. The van der Waals surface area contributed by atoms with Crippen LogP contribution in [-0.2, 0) is 6.18 Å². The molecule has 2 amide bonds. The summed E-state index contributed by atoms with van der Waals surface area (Å²) in [5.41, 5.74) is -0.346. The molecule has 0 aliphatic carbocycles. The third kappa shape index (κ3) is 5.08. The lowest BCUT2D eigenvalue weighted by molar-refractivity contribution is -0.153. The monoisotopic (exact) mass is 461 g/mol. The van der Waals surface area contributed by atoms with Crippen molar-refractivity contribution < 1.29 is 37.0 Å². The number of ether oxygens (including phenoxy) is 1. The number of benzene rings is 2. The number of rotatable bonds is 5. The third-order valence-corrected chi connectivity index (χ3v) is 4.95. The van der Waals surface area contributed by atoms with Crippen molar-refractivity contribution in [3.05, 3.63) is 66.1 Å². The number of amides is 2. The Balaban J connectivity index is 1.47. The zero-order chi connectivity index (χ0) is 23.6. The van der Waals surface area contributed by atoms with Crippen LogP contribution in [0.5, 0.6) is 5.75 Å². The van der Waals surface area contributed by atoms with Crippen LogP contribution < -0.4 is 10.1 Å². The number of halogens is 3. The maximum atomic E-state index is 13.4. The summed E-state index contributed by atoms with van der Waals surface area (Å²) < 4.78 is 50.9. The molecular weight excluding hydrogens is 443 g/mol. The molecule has 1 fully saturated rings. The number of hydrogen-bond acceptors (Lipinski definition) is 5. The first kappa shape index (κ1) is 22.2. The van der Waals surface area contributed by atoms with Gasteiger partial charge in [0.15, 0.2) is 5.69 Å². The van der Waals surface area contributed by atoms with Crippen LogP contribution in [0.1, 0.15) is 22.7 Å². The Morgan fingerprint density at radius 3 is 2.42 bits per heavy atom. The minimum atomic E-state index is -4.91. The van der Waals surface area contributed by atoms with Gasteiger partial charge in [-0.3, -0.25) is 4.79 Å². The fourth-order valence-corrected chi connectivity index (χ4v) is 3.37. The molecular formula is C22H18F3N3O5. The van der Waals surface area contributed by atoms with Crippen molar-refractivity contribution >= 4 is 17.7 Å². The minimum Gasteiger partial charge on any atom is -0.489 e. The SMILES string of the molecule is O=C(Nc1ccc(OC2CCN(C(=O)O)C2)cc1)c1nc(-c2ccccc2)oc1C(F)(F)F. The molecule has 1 aromatic heterocycles. The van der Waals surface area contributed by atoms with Crippen LogP contribution in [0.25, 0.3) is 11.5 Å². The van der Waals surface area contributed by atoms with E-state index in [-0.39, 0.29) is 24.2 Å². The van der Waals surface area contributed by atoms with Crippen molar-refractivity contribution in [2.75, 3.05) is 18.4 Å². The van der Waals surface area contributed by atoms with Gasteiger partial charge in [-0.25, -0.2) is 9.78 Å². The van der Waals surface area contributed by atoms with E-state index < -0.39 is 29.6 Å². The van der Waals surface area contributed by atoms with E-state index in [1.807, 2.05) is 0 Å². The molecule has 2 aromatic carbocycles. The van der Waals surface area contributed by atoms with Gasteiger partial charge in [0.1, 0.15) is 11.9 Å². The zero-order valence-corrected chi connectivity index (χ0v) is 17.0. The zero-order valence-electron chi connectivity index (χ0n) is 17.0. The van der Waals surface area contributed by atoms with Gasteiger partial charge in [0.25, 0.3) is 5.91 Å². The number of likely N-dealkylation sites (tertiary alicyclic amines) is 1. The fourth-order valence-electron chi connectivity index (χ4n) is 3.37. The smallest absolute Gasteiger partial charge is 0.452 e. The first-order chi connectivity index (χ1) is 15.7. The van der Waals surface area contributed by atoms with Gasteiger partial charge in [-0.15, -0.1) is 0 Å². The van der Waals surface area contributed by atoms with Crippen LogP contribution in [0.15, 0.2) is 59.0 Å². The molecule has 0 bridgehead atoms. The minimum absolute atomic E-state index is 0.225. The standard InChI is InChI=1S/C22H18F3N3O5/c23-22(24,25)18-17(27-20(33-18)13-4-2-1-3-5-13)19(29)26-14-6-8-15(9-7-14)32-16-10-11-28(12-16)21(30)31/h1-9,16H,10-12H2,(H,26,29)(H,30,31). The molecule has 2 N–H and O–H groups in total. The van der Waals surface area contributed by atoms with Crippen LogP contribution in [0.2, 0.25) is 0 Å². The average Bonchev–Trinajstić information content (AvgIpc) is 3.43. The van der Waals surface area contributed by atoms with Crippen LogP contribution >= 0.6 is 0 Å². The van der Waals surface area contributed by atoms with Crippen LogP contribution in [0.4, 0.5) is 23.7 Å². The second-order valence-corrected chi connectivity index (χ2v) is 7.30. The maximum Gasteiger partial charge on any atom is 0.452 e. The molecule has 0 saturated carbocycles. The first-order valence-electron chi connectivity index (χ1n) is 9.90. The molecule has 11 heteroatoms. The Kier molecular flexibility index (Phi) is 5.95. The van der Waals surface area contributed by atoms with Gasteiger partial charge in [0.05, 0.1) is 6.54 Å². The number of carbonyl (C=O) groups is 2. The molecule has 1 aliphatic heterocycles. The molecule has 1 aliphatic rings. The average molecular weight is 461 g/mol. The van der Waals surface area contributed by atoms with E-state index in [1.54, 1.807) is 18.2 Å². The topological polar surface area (TPSA) is 105 Å². The molecule has 8 nitrogen and oxygen atoms in total. The summed E-state index contributed by atoms with van der Waals surface area (Å²) in [7, 11) is 0. The summed E-state index contributed by atoms with van der Waals surface area (Å²) in [6.07, 6.45) is -5.68. The molecule has 4 rings (SSSR count). The van der Waals surface area contributed by atoms with Crippen molar-refractivity contribution in [1.29, 1.82) is 0 Å². The van der Waals surface area contributed by atoms with Crippen LogP contribution in [-0.4, -0.2) is 46.2 Å². The highest BCUT2D eigenvalue weighted by Crippen LogP contribution is 2.35. The number of nitrogens with one attached hydrogen (secondary N) is 1. The quantitative estimate of drug-likeness (QED) is 0.569. The van der Waals surface area contributed by atoms with E-state index in [9.17, 15) is 22.8 Å². The van der Waals surface area contributed by atoms with Gasteiger partial charge in [-0.2, -0.15) is 13.2 Å². The number of aromatic nitrogens is 1. The lowest BCUT2D eigenvalue weighted by Crippen LogP contribution is -2.29. The number of carboxylic acid groups (broad SMARTS) is 1. The molecule has 3 aromatic rings. The Morgan fingerprint density at radius 2 is 1.82 bits per heavy atom. The second-order valence-electron chi connectivity index (χ2n) is 7.30. The summed E-state index contributed by atoms with van der Waals surface area (Å²) in [5, 5.41) is 11.4. The summed E-state index contributed by atoms with van der Waals surface area (Å²) in [6.45, 7) is 0.613. The van der Waals surface area contributed by atoms with Gasteiger partial charge in [0, 0.05) is 24.2 Å². The van der Waals surface area contributed by atoms with Gasteiger partial charge in [0.2, 0.25) is 11.7 Å². The lowest BCUT2D eigenvalue weighted by Gasteiger charge is -2.15. The second kappa shape index (κ2) is 8.85. The lowest BCUT2D eigenvalue weighted by atomic mass is 10.2. The van der Waals surface area contributed by atoms with Gasteiger partial charge in [-0.1, -0.05) is 18.2 Å². The highest BCUT2D eigenvalue weighted by Gasteiger charge is 2.42. The van der Waals surface area contributed by atoms with Crippen LogP contribution in [0.3, 0.4) is 0 Å². The number of alkyl halides is 3. The number of anilines is 1. The highest BCUT2D eigenvalue weighted by atomic mass is 19.4. The van der Waals surface area contributed by atoms with Crippen molar-refractivity contribution in [2.24, 2.45) is 0 Å². The molecule has 0 radical (unpaired) electrons. The van der Waals surface area contributed by atoms with E-state index in [0.717, 1.165) is 0 Å². The van der Waals surface area contributed by atoms with E-state index >= 15 is 0 Å². The van der Waals surface area contributed by atoms with E-state index in [4.69, 9.17) is 14.3 Å². The number of hydrogen-bond donors (Lipinski definition) is 2. The molecule has 2 heterocycles. The van der Waals surface area contributed by atoms with Crippen molar-refractivity contribution in [2.45, 2.75) is 18.7 Å². The van der Waals surface area contributed by atoms with Gasteiger partial charge < -0.3 is 24.5 Å². The van der Waals surface area contributed by atoms with E-state index in [0.29, 0.717) is 24.3 Å². The Morgan fingerprint density at radius 1 is 1.12 bits per heavy atom. The summed E-state index contributed by atoms with van der Waals surface area (Å²) in [6, 6.07) is 13.9. The molecule has 172 valence electrons. The van der Waals surface area contributed by atoms with E-state index in [2.05, 4.69) is 10.3 Å². The predicted molar refractivity (Wildman–Crippen MR) is 110 cm³/mol. The highest BCUT2D eigenvalue weighted by molar-refractivity contribution is 6.04. The summed E-state index contributed by atoms with van der Waals surface area (Å²) in [5.74, 6) is -2.43. The van der Waals surface area contributed by atoms with Gasteiger partial charge >= 0.3 is 12.3 Å².